The van der Waals surface area contributed by atoms with Crippen molar-refractivity contribution in [2.45, 2.75) is 12.8 Å². The quantitative estimate of drug-likeness (QED) is 0.680. The van der Waals surface area contributed by atoms with Crippen molar-refractivity contribution in [3.05, 3.63) is 77.9 Å². The molecule has 116 valence electrons. The van der Waals surface area contributed by atoms with Crippen LogP contribution in [-0.4, -0.2) is 17.7 Å². The van der Waals surface area contributed by atoms with Gasteiger partial charge in [0.15, 0.2) is 0 Å². The minimum absolute atomic E-state index is 0.239. The average molecular weight is 306 g/mol. The maximum atomic E-state index is 11.6. The van der Waals surface area contributed by atoms with Gasteiger partial charge in [0.1, 0.15) is 11.3 Å². The van der Waals surface area contributed by atoms with Gasteiger partial charge in [-0.15, -0.1) is 0 Å². The number of aryl methyl sites for hydroxylation is 1. The van der Waals surface area contributed by atoms with Gasteiger partial charge < -0.3 is 9.84 Å². The first-order chi connectivity index (χ1) is 11.3. The first kappa shape index (κ1) is 15.1. The third-order valence-electron chi connectivity index (χ3n) is 3.81. The molecule has 0 bridgehead atoms. The second-order valence-corrected chi connectivity index (χ2v) is 5.40. The van der Waals surface area contributed by atoms with Crippen LogP contribution in [0.5, 0.6) is 5.75 Å². The van der Waals surface area contributed by atoms with Crippen LogP contribution in [-0.2, 0) is 6.42 Å². The lowest BCUT2D eigenvalue weighted by Gasteiger charge is -2.11. The normalized spacial score (nSPS) is 10.6. The van der Waals surface area contributed by atoms with Gasteiger partial charge in [0.05, 0.1) is 6.61 Å². The Kier molecular flexibility index (Phi) is 4.57. The van der Waals surface area contributed by atoms with E-state index in [1.54, 1.807) is 6.07 Å². The van der Waals surface area contributed by atoms with E-state index in [9.17, 15) is 9.90 Å². The van der Waals surface area contributed by atoms with E-state index in [-0.39, 0.29) is 5.56 Å². The lowest BCUT2D eigenvalue weighted by molar-refractivity contribution is 0.0694. The molecule has 0 spiro atoms. The second-order valence-electron chi connectivity index (χ2n) is 5.40. The topological polar surface area (TPSA) is 46.5 Å². The highest BCUT2D eigenvalue weighted by molar-refractivity contribution is 6.06. The standard InChI is InChI=1S/C20H18O3/c21-20(22)19-17-11-5-4-10-16(17)12-13-18(19)23-14-6-9-15-7-2-1-3-8-15/h1-5,7-8,10-13H,6,9,14H2,(H,21,22). The molecule has 1 N–H and O–H groups in total. The zero-order valence-corrected chi connectivity index (χ0v) is 12.7. The van der Waals surface area contributed by atoms with Gasteiger partial charge in [-0.2, -0.15) is 0 Å². The van der Waals surface area contributed by atoms with Crippen LogP contribution in [0.4, 0.5) is 0 Å². The lowest BCUT2D eigenvalue weighted by atomic mass is 10.0. The minimum atomic E-state index is -0.958. The maximum Gasteiger partial charge on any atom is 0.340 e. The van der Waals surface area contributed by atoms with Crippen LogP contribution in [0.3, 0.4) is 0 Å². The molecule has 0 amide bonds. The van der Waals surface area contributed by atoms with Gasteiger partial charge in [-0.1, -0.05) is 60.7 Å². The van der Waals surface area contributed by atoms with E-state index in [0.29, 0.717) is 17.7 Å². The monoisotopic (exact) mass is 306 g/mol. The van der Waals surface area contributed by atoms with Crippen molar-refractivity contribution in [2.24, 2.45) is 0 Å². The van der Waals surface area contributed by atoms with Gasteiger partial charge in [-0.25, -0.2) is 4.79 Å². The largest absolute Gasteiger partial charge is 0.493 e. The molecule has 0 aliphatic carbocycles. The number of benzene rings is 3. The Morgan fingerprint density at radius 1 is 0.913 bits per heavy atom. The predicted molar refractivity (Wildman–Crippen MR) is 91.2 cm³/mol. The summed E-state index contributed by atoms with van der Waals surface area (Å²) in [4.78, 5) is 11.6. The van der Waals surface area contributed by atoms with E-state index in [2.05, 4.69) is 12.1 Å². The van der Waals surface area contributed by atoms with Crippen LogP contribution >= 0.6 is 0 Å². The summed E-state index contributed by atoms with van der Waals surface area (Å²) < 4.78 is 5.75. The minimum Gasteiger partial charge on any atom is -0.493 e. The van der Waals surface area contributed by atoms with Gasteiger partial charge in [0.2, 0.25) is 0 Å². The number of hydrogen-bond donors (Lipinski definition) is 1. The summed E-state index contributed by atoms with van der Waals surface area (Å²) in [6.07, 6.45) is 1.76. The zero-order valence-electron chi connectivity index (χ0n) is 12.7. The molecular weight excluding hydrogens is 288 g/mol. The van der Waals surface area contributed by atoms with Gasteiger partial charge in [0, 0.05) is 0 Å². The summed E-state index contributed by atoms with van der Waals surface area (Å²) in [6, 6.07) is 21.3. The Balaban J connectivity index is 1.72. The second kappa shape index (κ2) is 6.97. The number of carboxylic acid groups (broad SMARTS) is 1. The number of hydrogen-bond acceptors (Lipinski definition) is 2. The highest BCUT2D eigenvalue weighted by Gasteiger charge is 2.15. The van der Waals surface area contributed by atoms with Gasteiger partial charge in [-0.3, -0.25) is 0 Å². The van der Waals surface area contributed by atoms with Crippen molar-refractivity contribution in [3.8, 4) is 5.75 Å². The van der Waals surface area contributed by atoms with Crippen molar-refractivity contribution in [3.63, 3.8) is 0 Å². The molecule has 3 aromatic carbocycles. The summed E-state index contributed by atoms with van der Waals surface area (Å²) in [7, 11) is 0. The fraction of sp³-hybridized carbons (Fsp3) is 0.150. The van der Waals surface area contributed by atoms with Crippen molar-refractivity contribution >= 4 is 16.7 Å². The van der Waals surface area contributed by atoms with E-state index in [1.165, 1.54) is 5.56 Å². The molecule has 3 heteroatoms. The summed E-state index contributed by atoms with van der Waals surface area (Å²) in [5, 5.41) is 11.1. The van der Waals surface area contributed by atoms with Crippen LogP contribution in [0.2, 0.25) is 0 Å². The number of ether oxygens (including phenoxy) is 1. The molecule has 0 aliphatic heterocycles. The Morgan fingerprint density at radius 3 is 2.43 bits per heavy atom. The molecular formula is C20H18O3. The van der Waals surface area contributed by atoms with Crippen LogP contribution in [0.1, 0.15) is 22.3 Å². The van der Waals surface area contributed by atoms with E-state index in [4.69, 9.17) is 4.74 Å². The van der Waals surface area contributed by atoms with Crippen molar-refractivity contribution in [1.82, 2.24) is 0 Å². The third kappa shape index (κ3) is 3.51. The van der Waals surface area contributed by atoms with Gasteiger partial charge >= 0.3 is 5.97 Å². The van der Waals surface area contributed by atoms with Crippen molar-refractivity contribution in [2.75, 3.05) is 6.61 Å². The summed E-state index contributed by atoms with van der Waals surface area (Å²) >= 11 is 0. The van der Waals surface area contributed by atoms with E-state index >= 15 is 0 Å². The van der Waals surface area contributed by atoms with Crippen LogP contribution in [0.25, 0.3) is 10.8 Å². The van der Waals surface area contributed by atoms with E-state index < -0.39 is 5.97 Å². The number of carbonyl (C=O) groups is 1. The predicted octanol–water partition coefficient (Wildman–Crippen LogP) is 4.55. The number of fused-ring (bicyclic) bond motifs is 1. The first-order valence-corrected chi connectivity index (χ1v) is 7.67. The maximum absolute atomic E-state index is 11.6. The molecule has 3 rings (SSSR count). The van der Waals surface area contributed by atoms with Gasteiger partial charge in [-0.05, 0) is 35.2 Å². The number of carboxylic acids is 1. The fourth-order valence-corrected chi connectivity index (χ4v) is 2.70. The molecule has 0 unspecified atom stereocenters. The van der Waals surface area contributed by atoms with Crippen molar-refractivity contribution in [1.29, 1.82) is 0 Å². The summed E-state index contributed by atoms with van der Waals surface area (Å²) in [5.74, 6) is -0.524. The SMILES string of the molecule is O=C(O)c1c(OCCCc2ccccc2)ccc2ccccc12. The highest BCUT2D eigenvalue weighted by Crippen LogP contribution is 2.28. The van der Waals surface area contributed by atoms with Crippen LogP contribution in [0.15, 0.2) is 66.7 Å². The molecule has 3 aromatic rings. The highest BCUT2D eigenvalue weighted by atomic mass is 16.5. The molecule has 0 radical (unpaired) electrons. The molecule has 0 saturated carbocycles. The Hall–Kier alpha value is -2.81. The Morgan fingerprint density at radius 2 is 1.65 bits per heavy atom. The van der Waals surface area contributed by atoms with Crippen molar-refractivity contribution < 1.29 is 14.6 Å². The van der Waals surface area contributed by atoms with Crippen LogP contribution in [0, 0.1) is 0 Å². The zero-order chi connectivity index (χ0) is 16.1. The summed E-state index contributed by atoms with van der Waals surface area (Å²) in [6.45, 7) is 0.494. The first-order valence-electron chi connectivity index (χ1n) is 7.67. The molecule has 0 aliphatic rings. The number of aromatic carboxylic acids is 1. The molecule has 23 heavy (non-hydrogen) atoms. The molecule has 0 saturated heterocycles. The molecule has 0 heterocycles. The molecule has 0 aromatic heterocycles. The number of rotatable bonds is 6. The molecule has 0 atom stereocenters. The Bertz CT molecular complexity index is 809. The summed E-state index contributed by atoms with van der Waals surface area (Å²) in [5.41, 5.74) is 1.50. The van der Waals surface area contributed by atoms with Crippen LogP contribution < -0.4 is 4.74 Å². The fourth-order valence-electron chi connectivity index (χ4n) is 2.70. The van der Waals surface area contributed by atoms with Gasteiger partial charge in [0.25, 0.3) is 0 Å². The molecule has 3 nitrogen and oxygen atoms in total. The lowest BCUT2D eigenvalue weighted by Crippen LogP contribution is -2.06. The van der Waals surface area contributed by atoms with E-state index in [1.807, 2.05) is 48.5 Å². The Labute approximate surface area is 135 Å². The third-order valence-corrected chi connectivity index (χ3v) is 3.81. The average Bonchev–Trinajstić information content (AvgIpc) is 2.59. The molecule has 0 fully saturated rings. The van der Waals surface area contributed by atoms with E-state index in [0.717, 1.165) is 18.2 Å². The smallest absolute Gasteiger partial charge is 0.340 e.